The number of ether oxygens (including phenoxy) is 2. The highest BCUT2D eigenvalue weighted by atomic mass is 32.1. The fourth-order valence-electron chi connectivity index (χ4n) is 3.51. The molecule has 1 saturated heterocycles. The van der Waals surface area contributed by atoms with E-state index in [1.165, 1.54) is 36.4 Å². The Balaban J connectivity index is 1.51. The quantitative estimate of drug-likeness (QED) is 0.593. The van der Waals surface area contributed by atoms with Gasteiger partial charge in [-0.05, 0) is 56.7 Å². The van der Waals surface area contributed by atoms with Crippen molar-refractivity contribution in [1.29, 1.82) is 0 Å². The van der Waals surface area contributed by atoms with Crippen molar-refractivity contribution in [3.05, 3.63) is 59.8 Å². The molecule has 11 heteroatoms. The van der Waals surface area contributed by atoms with Gasteiger partial charge in [0.15, 0.2) is 5.13 Å². The van der Waals surface area contributed by atoms with Crippen LogP contribution < -0.4 is 15.4 Å². The molecule has 1 fully saturated rings. The molecule has 1 aromatic carbocycles. The summed E-state index contributed by atoms with van der Waals surface area (Å²) in [5.74, 6) is -1.05. The van der Waals surface area contributed by atoms with Gasteiger partial charge in [0.05, 0.1) is 13.2 Å². The minimum atomic E-state index is -1.23. The molecule has 0 bridgehead atoms. The number of carbonyl (C=O) groups is 2. The van der Waals surface area contributed by atoms with Gasteiger partial charge in [0.25, 0.3) is 5.91 Å². The zero-order chi connectivity index (χ0) is 25.0. The predicted molar refractivity (Wildman–Crippen MR) is 128 cm³/mol. The van der Waals surface area contributed by atoms with Gasteiger partial charge >= 0.3 is 6.03 Å². The Bertz CT molecular complexity index is 1140. The molecule has 0 spiro atoms. The molecule has 4 rings (SSSR count). The zero-order valence-corrected chi connectivity index (χ0v) is 20.2. The summed E-state index contributed by atoms with van der Waals surface area (Å²) in [4.78, 5) is 31.7. The molecule has 8 nitrogen and oxygen atoms in total. The van der Waals surface area contributed by atoms with E-state index in [-0.39, 0.29) is 22.9 Å². The SMILES string of the molecule is CC(C)(NC(=O)N1CCOCC1)C(=O)Nc1nc(C2C=CC(F)=CC2)c(Oc2ccc(F)cc2)s1. The lowest BCUT2D eigenvalue weighted by molar-refractivity contribution is -0.121. The average molecular weight is 505 g/mol. The number of allylic oxidation sites excluding steroid dienone is 4. The molecule has 2 aromatic rings. The van der Waals surface area contributed by atoms with Gasteiger partial charge in [-0.3, -0.25) is 10.1 Å². The normalized spacial score (nSPS) is 18.1. The predicted octanol–water partition coefficient (Wildman–Crippen LogP) is 4.73. The molecule has 2 heterocycles. The summed E-state index contributed by atoms with van der Waals surface area (Å²) in [6.45, 7) is 5.01. The van der Waals surface area contributed by atoms with Crippen LogP contribution in [0.3, 0.4) is 0 Å². The van der Waals surface area contributed by atoms with Gasteiger partial charge in [0, 0.05) is 19.0 Å². The maximum absolute atomic E-state index is 13.5. The van der Waals surface area contributed by atoms with Gasteiger partial charge in [-0.15, -0.1) is 0 Å². The van der Waals surface area contributed by atoms with E-state index in [4.69, 9.17) is 9.47 Å². The number of anilines is 1. The first kappa shape index (κ1) is 24.8. The lowest BCUT2D eigenvalue weighted by atomic mass is 9.97. The van der Waals surface area contributed by atoms with Gasteiger partial charge in [0.2, 0.25) is 5.06 Å². The van der Waals surface area contributed by atoms with E-state index in [0.717, 1.165) is 11.3 Å². The topological polar surface area (TPSA) is 92.8 Å². The number of urea groups is 1. The van der Waals surface area contributed by atoms with E-state index in [0.29, 0.717) is 49.2 Å². The number of hydrogen-bond donors (Lipinski definition) is 2. The zero-order valence-electron chi connectivity index (χ0n) is 19.3. The number of benzene rings is 1. The van der Waals surface area contributed by atoms with Crippen molar-refractivity contribution >= 4 is 28.4 Å². The number of hydrogen-bond acceptors (Lipinski definition) is 6. The van der Waals surface area contributed by atoms with Gasteiger partial charge in [0.1, 0.15) is 28.6 Å². The second kappa shape index (κ2) is 10.5. The number of morpholine rings is 1. The largest absolute Gasteiger partial charge is 0.445 e. The molecule has 0 saturated carbocycles. The Morgan fingerprint density at radius 2 is 1.91 bits per heavy atom. The molecule has 2 aliphatic rings. The van der Waals surface area contributed by atoms with E-state index >= 15 is 0 Å². The first-order valence-corrected chi connectivity index (χ1v) is 12.0. The summed E-state index contributed by atoms with van der Waals surface area (Å²) in [5, 5.41) is 6.16. The molecule has 35 heavy (non-hydrogen) atoms. The molecule has 0 radical (unpaired) electrons. The minimum absolute atomic E-state index is 0.263. The third-order valence-electron chi connectivity index (χ3n) is 5.56. The third kappa shape index (κ3) is 6.23. The number of rotatable bonds is 6. The van der Waals surface area contributed by atoms with E-state index in [9.17, 15) is 18.4 Å². The fraction of sp³-hybridized carbons (Fsp3) is 0.375. The molecule has 3 amide bonds. The molecule has 1 aliphatic heterocycles. The smallest absolute Gasteiger partial charge is 0.318 e. The summed E-state index contributed by atoms with van der Waals surface area (Å²) in [6, 6.07) is 5.17. The number of nitrogens with one attached hydrogen (secondary N) is 2. The Morgan fingerprint density at radius 3 is 2.57 bits per heavy atom. The molecular weight excluding hydrogens is 478 g/mol. The Labute approximate surface area is 205 Å². The monoisotopic (exact) mass is 504 g/mol. The van der Waals surface area contributed by atoms with Crippen molar-refractivity contribution in [2.75, 3.05) is 31.6 Å². The van der Waals surface area contributed by atoms with Crippen LogP contribution in [0.5, 0.6) is 10.8 Å². The number of thiazole rings is 1. The molecule has 1 aliphatic carbocycles. The first-order chi connectivity index (χ1) is 16.7. The van der Waals surface area contributed by atoms with Crippen molar-refractivity contribution in [3.63, 3.8) is 0 Å². The van der Waals surface area contributed by atoms with Crippen molar-refractivity contribution in [2.24, 2.45) is 0 Å². The minimum Gasteiger partial charge on any atom is -0.445 e. The number of aromatic nitrogens is 1. The molecule has 1 atom stereocenters. The summed E-state index contributed by atoms with van der Waals surface area (Å²) >= 11 is 1.10. The molecule has 186 valence electrons. The van der Waals surface area contributed by atoms with Gasteiger partial charge < -0.3 is 19.7 Å². The lowest BCUT2D eigenvalue weighted by Gasteiger charge is -2.31. The Hall–Kier alpha value is -3.31. The van der Waals surface area contributed by atoms with Gasteiger partial charge in [-0.25, -0.2) is 18.6 Å². The van der Waals surface area contributed by atoms with Crippen molar-refractivity contribution in [1.82, 2.24) is 15.2 Å². The lowest BCUT2D eigenvalue weighted by Crippen LogP contribution is -2.57. The molecule has 1 unspecified atom stereocenters. The molecule has 1 aromatic heterocycles. The Morgan fingerprint density at radius 1 is 1.20 bits per heavy atom. The number of carbonyl (C=O) groups excluding carboxylic acids is 2. The van der Waals surface area contributed by atoms with Crippen molar-refractivity contribution < 1.29 is 27.8 Å². The highest BCUT2D eigenvalue weighted by Crippen LogP contribution is 2.41. The maximum atomic E-state index is 13.5. The second-order valence-corrected chi connectivity index (χ2v) is 9.61. The summed E-state index contributed by atoms with van der Waals surface area (Å²) < 4.78 is 38.0. The van der Waals surface area contributed by atoms with Crippen LogP contribution in [0.25, 0.3) is 0 Å². The van der Waals surface area contributed by atoms with Crippen molar-refractivity contribution in [2.45, 2.75) is 31.7 Å². The summed E-state index contributed by atoms with van der Waals surface area (Å²) in [6.07, 6.45) is 4.87. The number of nitrogens with zero attached hydrogens (tertiary/aromatic N) is 2. The van der Waals surface area contributed by atoms with Crippen LogP contribution in [-0.4, -0.2) is 53.7 Å². The van der Waals surface area contributed by atoms with Crippen LogP contribution in [0.4, 0.5) is 18.7 Å². The van der Waals surface area contributed by atoms with E-state index < -0.39 is 17.3 Å². The van der Waals surface area contributed by atoms with E-state index in [1.54, 1.807) is 24.8 Å². The molecular formula is C24H26F2N4O4S. The first-order valence-electron chi connectivity index (χ1n) is 11.2. The van der Waals surface area contributed by atoms with Crippen LogP contribution in [0, 0.1) is 5.82 Å². The van der Waals surface area contributed by atoms with Crippen LogP contribution in [0.2, 0.25) is 0 Å². The van der Waals surface area contributed by atoms with Gasteiger partial charge in [-0.1, -0.05) is 17.4 Å². The van der Waals surface area contributed by atoms with Crippen LogP contribution in [0.15, 0.2) is 48.3 Å². The Kier molecular flexibility index (Phi) is 7.46. The summed E-state index contributed by atoms with van der Waals surface area (Å²) in [7, 11) is 0. The highest BCUT2D eigenvalue weighted by molar-refractivity contribution is 7.17. The summed E-state index contributed by atoms with van der Waals surface area (Å²) in [5.41, 5.74) is -0.708. The van der Waals surface area contributed by atoms with Crippen LogP contribution in [0.1, 0.15) is 31.9 Å². The number of amides is 3. The van der Waals surface area contributed by atoms with Crippen molar-refractivity contribution in [3.8, 4) is 10.8 Å². The van der Waals surface area contributed by atoms with Crippen LogP contribution >= 0.6 is 11.3 Å². The fourth-order valence-corrected chi connectivity index (χ4v) is 4.41. The van der Waals surface area contributed by atoms with Crippen LogP contribution in [-0.2, 0) is 9.53 Å². The van der Waals surface area contributed by atoms with E-state index in [1.807, 2.05) is 0 Å². The third-order valence-corrected chi connectivity index (χ3v) is 6.42. The standard InChI is InChI=1S/C24H26F2N4O4S/c1-24(2,29-23(32)30-11-13-33-14-12-30)21(31)28-22-27-19(15-3-5-16(25)6-4-15)20(35-22)34-18-9-7-17(26)8-10-18/h3,5-10,15H,4,11-14H2,1-2H3,(H,29,32)(H,27,28,31). The molecule has 2 N–H and O–H groups in total. The highest BCUT2D eigenvalue weighted by Gasteiger charge is 2.33. The van der Waals surface area contributed by atoms with E-state index in [2.05, 4.69) is 15.6 Å². The second-order valence-electron chi connectivity index (χ2n) is 8.65. The number of halogens is 2. The maximum Gasteiger partial charge on any atom is 0.318 e. The average Bonchev–Trinajstić information content (AvgIpc) is 3.23. The van der Waals surface area contributed by atoms with Gasteiger partial charge in [-0.2, -0.15) is 0 Å².